The number of carbonyl (C=O) groups excluding carboxylic acids is 3. The summed E-state index contributed by atoms with van der Waals surface area (Å²) >= 11 is 6.67. The quantitative estimate of drug-likeness (QED) is 0.156. The number of aliphatic hydroxyl groups excluding tert-OH is 1. The number of unbranched alkanes of at least 4 members (excludes halogenated alkanes) is 2. The van der Waals surface area contributed by atoms with Gasteiger partial charge in [0.25, 0.3) is 5.91 Å². The van der Waals surface area contributed by atoms with Crippen molar-refractivity contribution in [3.8, 4) is 0 Å². The monoisotopic (exact) mass is 614 g/mol. The molecule has 3 saturated heterocycles. The number of benzene rings is 1. The lowest BCUT2D eigenvalue weighted by atomic mass is 9.65. The van der Waals surface area contributed by atoms with Crippen molar-refractivity contribution in [1.82, 2.24) is 4.90 Å². The molecule has 0 radical (unpaired) electrons. The first-order valence-corrected chi connectivity index (χ1v) is 16.0. The number of rotatable bonds is 15. The fraction of sp³-hybridized carbons (Fsp3) is 0.618. The van der Waals surface area contributed by atoms with Crippen LogP contribution in [0.2, 0.25) is 5.02 Å². The van der Waals surface area contributed by atoms with E-state index in [0.29, 0.717) is 42.8 Å². The Morgan fingerprint density at radius 2 is 2.00 bits per heavy atom. The smallest absolute Gasteiger partial charge is 0.312 e. The molecule has 8 nitrogen and oxygen atoms in total. The largest absolute Gasteiger partial charge is 0.465 e. The number of carbonyl (C=O) groups is 3. The van der Waals surface area contributed by atoms with Gasteiger partial charge in [0.2, 0.25) is 5.91 Å². The van der Waals surface area contributed by atoms with E-state index in [1.54, 1.807) is 21.9 Å². The van der Waals surface area contributed by atoms with Crippen molar-refractivity contribution in [3.63, 3.8) is 0 Å². The van der Waals surface area contributed by atoms with Gasteiger partial charge in [-0.15, -0.1) is 13.2 Å². The number of likely N-dealkylation sites (tertiary alicyclic amines) is 1. The molecule has 0 saturated carbocycles. The molecule has 0 aromatic heterocycles. The standard InChI is InChI=1S/C34H47ClN2O6/c1-7-11-12-13-20-42-32(41)27-26-30(39)37(25(21-38)22(5)9-3)29(34(26)18-17-33(27,10-4)43-34)31(40)36(19-8-2)28-23(6)15-14-16-24(28)35/h7-8,14-16,22,25-27,29,38H,1-2,9-13,17-21H2,3-6H3/t22-,25-,26-,27-,29?,33+,34?/m0/s1. The molecule has 0 aliphatic carbocycles. The number of halogens is 1. The van der Waals surface area contributed by atoms with Crippen LogP contribution in [0.15, 0.2) is 43.5 Å². The van der Waals surface area contributed by atoms with E-state index in [0.717, 1.165) is 18.4 Å². The zero-order chi connectivity index (χ0) is 31.5. The lowest BCUT2D eigenvalue weighted by Gasteiger charge is -2.41. The number of hydrogen-bond donors (Lipinski definition) is 1. The van der Waals surface area contributed by atoms with Crippen LogP contribution in [0.1, 0.15) is 71.3 Å². The predicted molar refractivity (Wildman–Crippen MR) is 168 cm³/mol. The summed E-state index contributed by atoms with van der Waals surface area (Å²) < 4.78 is 12.7. The normalized spacial score (nSPS) is 28.8. The van der Waals surface area contributed by atoms with Gasteiger partial charge in [-0.05, 0) is 63.0 Å². The van der Waals surface area contributed by atoms with Gasteiger partial charge in [-0.25, -0.2) is 0 Å². The zero-order valence-corrected chi connectivity index (χ0v) is 26.8. The second-order valence-corrected chi connectivity index (χ2v) is 12.7. The molecule has 3 fully saturated rings. The Morgan fingerprint density at radius 3 is 2.60 bits per heavy atom. The number of anilines is 1. The van der Waals surface area contributed by atoms with E-state index in [9.17, 15) is 19.5 Å². The summed E-state index contributed by atoms with van der Waals surface area (Å²) in [6.45, 7) is 15.5. The minimum Gasteiger partial charge on any atom is -0.465 e. The molecule has 7 atom stereocenters. The maximum atomic E-state index is 14.9. The highest BCUT2D eigenvalue weighted by atomic mass is 35.5. The Bertz CT molecular complexity index is 1220. The van der Waals surface area contributed by atoms with Gasteiger partial charge in [0.1, 0.15) is 17.6 Å². The van der Waals surface area contributed by atoms with Gasteiger partial charge >= 0.3 is 5.97 Å². The van der Waals surface area contributed by atoms with Crippen LogP contribution in [0.4, 0.5) is 5.69 Å². The predicted octanol–water partition coefficient (Wildman–Crippen LogP) is 5.63. The molecule has 4 rings (SSSR count). The maximum absolute atomic E-state index is 14.9. The first-order chi connectivity index (χ1) is 20.6. The van der Waals surface area contributed by atoms with Crippen LogP contribution < -0.4 is 4.90 Å². The Balaban J connectivity index is 1.83. The fourth-order valence-corrected chi connectivity index (χ4v) is 7.98. The Kier molecular flexibility index (Phi) is 10.5. The Hall–Kier alpha value is -2.68. The zero-order valence-electron chi connectivity index (χ0n) is 26.0. The number of aryl methyl sites for hydroxylation is 1. The molecular weight excluding hydrogens is 568 g/mol. The van der Waals surface area contributed by atoms with Crippen molar-refractivity contribution in [3.05, 3.63) is 54.1 Å². The minimum atomic E-state index is -1.24. The van der Waals surface area contributed by atoms with Gasteiger partial charge < -0.3 is 24.4 Å². The molecule has 3 heterocycles. The summed E-state index contributed by atoms with van der Waals surface area (Å²) in [5, 5.41) is 11.0. The van der Waals surface area contributed by atoms with E-state index in [4.69, 9.17) is 21.1 Å². The van der Waals surface area contributed by atoms with Gasteiger partial charge in [0.15, 0.2) is 0 Å². The van der Waals surface area contributed by atoms with Crippen LogP contribution in [-0.4, -0.2) is 70.8 Å². The molecule has 2 bridgehead atoms. The van der Waals surface area contributed by atoms with E-state index >= 15 is 0 Å². The fourth-order valence-electron chi connectivity index (χ4n) is 7.65. The van der Waals surface area contributed by atoms with Crippen molar-refractivity contribution < 1.29 is 29.0 Å². The third kappa shape index (κ3) is 5.55. The molecule has 2 amide bonds. The summed E-state index contributed by atoms with van der Waals surface area (Å²) in [4.78, 5) is 46.5. The van der Waals surface area contributed by atoms with Gasteiger partial charge in [0.05, 0.1) is 41.5 Å². The number of amides is 2. The molecule has 1 spiro atoms. The van der Waals surface area contributed by atoms with Gasteiger partial charge in [0, 0.05) is 6.54 Å². The number of hydrogen-bond acceptors (Lipinski definition) is 6. The van der Waals surface area contributed by atoms with Crippen LogP contribution in [0.25, 0.3) is 0 Å². The van der Waals surface area contributed by atoms with E-state index in [2.05, 4.69) is 13.2 Å². The molecule has 236 valence electrons. The average Bonchev–Trinajstić information content (AvgIpc) is 3.60. The number of esters is 1. The van der Waals surface area contributed by atoms with E-state index in [-0.39, 0.29) is 37.5 Å². The number of para-hydroxylation sites is 1. The molecule has 1 aromatic rings. The summed E-state index contributed by atoms with van der Waals surface area (Å²) in [7, 11) is 0. The second kappa shape index (κ2) is 13.5. The molecule has 1 aromatic carbocycles. The van der Waals surface area contributed by atoms with E-state index < -0.39 is 41.1 Å². The molecule has 2 unspecified atom stereocenters. The van der Waals surface area contributed by atoms with Crippen molar-refractivity contribution in [2.24, 2.45) is 17.8 Å². The first-order valence-electron chi connectivity index (χ1n) is 15.7. The van der Waals surface area contributed by atoms with E-state index in [1.165, 1.54) is 0 Å². The second-order valence-electron chi connectivity index (χ2n) is 12.3. The number of nitrogens with zero attached hydrogens (tertiary/aromatic N) is 2. The highest BCUT2D eigenvalue weighted by Crippen LogP contribution is 2.65. The van der Waals surface area contributed by atoms with Gasteiger partial charge in [-0.1, -0.05) is 63.1 Å². The molecule has 3 aliphatic heterocycles. The van der Waals surface area contributed by atoms with E-state index in [1.807, 2.05) is 45.9 Å². The molecule has 3 aliphatic rings. The summed E-state index contributed by atoms with van der Waals surface area (Å²) in [5.74, 6) is -3.00. The lowest BCUT2D eigenvalue weighted by molar-refractivity contribution is -0.162. The molecule has 9 heteroatoms. The third-order valence-corrected chi connectivity index (χ3v) is 10.3. The summed E-state index contributed by atoms with van der Waals surface area (Å²) in [5.41, 5.74) is -0.810. The SMILES string of the molecule is C=CCCCCOC(=O)[C@@H]1[C@H]2C(=O)N([C@@H](CO)[C@@H](C)CC)C(C(=O)N(CC=C)c3c(C)cccc3Cl)C23CC[C@@]1(CC)O3. The maximum Gasteiger partial charge on any atom is 0.312 e. The number of ether oxygens (including phenoxy) is 2. The van der Waals surface area contributed by atoms with Crippen LogP contribution >= 0.6 is 11.6 Å². The lowest BCUT2D eigenvalue weighted by Crippen LogP contribution is -2.60. The minimum absolute atomic E-state index is 0.109. The summed E-state index contributed by atoms with van der Waals surface area (Å²) in [6.07, 6.45) is 7.98. The highest BCUT2D eigenvalue weighted by Gasteiger charge is 2.79. The Morgan fingerprint density at radius 1 is 1.26 bits per heavy atom. The molecule has 1 N–H and O–H groups in total. The number of fused-ring (bicyclic) bond motifs is 1. The van der Waals surface area contributed by atoms with Crippen molar-refractivity contribution in [2.75, 3.05) is 24.7 Å². The highest BCUT2D eigenvalue weighted by molar-refractivity contribution is 6.34. The first kappa shape index (κ1) is 33.2. The van der Waals surface area contributed by atoms with Crippen LogP contribution in [-0.2, 0) is 23.9 Å². The molecule has 43 heavy (non-hydrogen) atoms. The van der Waals surface area contributed by atoms with Crippen molar-refractivity contribution in [2.45, 2.75) is 95.9 Å². The van der Waals surface area contributed by atoms with Crippen molar-refractivity contribution in [1.29, 1.82) is 0 Å². The number of allylic oxidation sites excluding steroid dienone is 1. The van der Waals surface area contributed by atoms with Crippen LogP contribution in [0, 0.1) is 24.7 Å². The van der Waals surface area contributed by atoms with Crippen LogP contribution in [0.5, 0.6) is 0 Å². The van der Waals surface area contributed by atoms with Gasteiger partial charge in [-0.3, -0.25) is 14.4 Å². The average molecular weight is 615 g/mol. The summed E-state index contributed by atoms with van der Waals surface area (Å²) in [6, 6.07) is 3.73. The molecular formula is C34H47ClN2O6. The van der Waals surface area contributed by atoms with Crippen LogP contribution in [0.3, 0.4) is 0 Å². The van der Waals surface area contributed by atoms with Gasteiger partial charge in [-0.2, -0.15) is 0 Å². The topological polar surface area (TPSA) is 96.4 Å². The Labute approximate surface area is 261 Å². The number of aliphatic hydroxyl groups is 1. The van der Waals surface area contributed by atoms with Crippen molar-refractivity contribution >= 4 is 35.1 Å². The third-order valence-electron chi connectivity index (χ3n) is 10.0.